The summed E-state index contributed by atoms with van der Waals surface area (Å²) < 4.78 is 12.9. The molecule has 82 valence electrons. The Balaban J connectivity index is 2.00. The number of halogens is 1. The van der Waals surface area contributed by atoms with Crippen LogP contribution in [0.2, 0.25) is 0 Å². The van der Waals surface area contributed by atoms with Gasteiger partial charge in [-0.25, -0.2) is 4.39 Å². The third-order valence-corrected chi connectivity index (χ3v) is 3.63. The normalized spacial score (nSPS) is 28.9. The number of carbonyl (C=O) groups excluding carboxylic acids is 1. The fourth-order valence-corrected chi connectivity index (χ4v) is 1.91. The predicted octanol–water partition coefficient (Wildman–Crippen LogP) is 1.79. The van der Waals surface area contributed by atoms with Crippen molar-refractivity contribution in [2.45, 2.75) is 32.9 Å². The summed E-state index contributed by atoms with van der Waals surface area (Å²) in [6.45, 7) is 3.58. The third-order valence-electron chi connectivity index (χ3n) is 2.64. The summed E-state index contributed by atoms with van der Waals surface area (Å²) in [6.07, 6.45) is 0.0745. The number of hydrogen-bond acceptors (Lipinski definition) is 4. The van der Waals surface area contributed by atoms with Crippen molar-refractivity contribution in [2.24, 2.45) is 5.41 Å². The number of alkyl halides is 1. The fourth-order valence-electron chi connectivity index (χ4n) is 1.24. The van der Waals surface area contributed by atoms with E-state index in [-0.39, 0.29) is 5.91 Å². The van der Waals surface area contributed by atoms with Crippen LogP contribution in [0.15, 0.2) is 0 Å². The molecule has 0 radical (unpaired) electrons. The quantitative estimate of drug-likeness (QED) is 0.859. The van der Waals surface area contributed by atoms with E-state index in [1.807, 2.05) is 6.92 Å². The lowest BCUT2D eigenvalue weighted by atomic mass is 10.1. The van der Waals surface area contributed by atoms with Crippen LogP contribution in [0, 0.1) is 5.41 Å². The first-order valence-electron chi connectivity index (χ1n) is 4.84. The van der Waals surface area contributed by atoms with Crippen molar-refractivity contribution in [1.29, 1.82) is 0 Å². The first kappa shape index (κ1) is 10.5. The van der Waals surface area contributed by atoms with Gasteiger partial charge in [-0.05, 0) is 19.8 Å². The maximum atomic E-state index is 12.9. The number of nitrogens with one attached hydrogen (secondary N) is 1. The maximum Gasteiger partial charge on any atom is 0.235 e. The van der Waals surface area contributed by atoms with Crippen LogP contribution in [0.4, 0.5) is 9.52 Å². The average molecular weight is 229 g/mol. The number of rotatable bonds is 3. The highest BCUT2D eigenvalue weighted by Crippen LogP contribution is 2.48. The van der Waals surface area contributed by atoms with Gasteiger partial charge in [0.25, 0.3) is 0 Å². The molecule has 1 aromatic heterocycles. The van der Waals surface area contributed by atoms with Gasteiger partial charge in [0.2, 0.25) is 11.0 Å². The van der Waals surface area contributed by atoms with Gasteiger partial charge in [0.1, 0.15) is 11.2 Å². The van der Waals surface area contributed by atoms with Crippen molar-refractivity contribution in [3.8, 4) is 0 Å². The Labute approximate surface area is 90.9 Å². The fraction of sp³-hybridized carbons (Fsp3) is 0.667. The molecule has 6 heteroatoms. The number of carbonyl (C=O) groups is 1. The van der Waals surface area contributed by atoms with E-state index < -0.39 is 11.6 Å². The maximum absolute atomic E-state index is 12.9. The van der Waals surface area contributed by atoms with Crippen LogP contribution in [0.5, 0.6) is 0 Å². The SMILES string of the molecule is CCc1nnc(NC(=O)[C@]2(C)C[C@@H]2F)s1. The summed E-state index contributed by atoms with van der Waals surface area (Å²) in [5.74, 6) is -0.297. The largest absolute Gasteiger partial charge is 0.300 e. The molecule has 4 nitrogen and oxygen atoms in total. The van der Waals surface area contributed by atoms with Crippen LogP contribution in [0.1, 0.15) is 25.3 Å². The molecule has 15 heavy (non-hydrogen) atoms. The first-order chi connectivity index (χ1) is 7.06. The molecular formula is C9H12FN3OS. The van der Waals surface area contributed by atoms with Gasteiger partial charge in [-0.15, -0.1) is 10.2 Å². The van der Waals surface area contributed by atoms with E-state index in [9.17, 15) is 9.18 Å². The molecule has 1 amide bonds. The molecule has 0 aromatic carbocycles. The highest BCUT2D eigenvalue weighted by molar-refractivity contribution is 7.15. The minimum atomic E-state index is -1.02. The lowest BCUT2D eigenvalue weighted by Crippen LogP contribution is -2.23. The second-order valence-electron chi connectivity index (χ2n) is 3.90. The van der Waals surface area contributed by atoms with Gasteiger partial charge in [0, 0.05) is 0 Å². The van der Waals surface area contributed by atoms with E-state index in [1.54, 1.807) is 6.92 Å². The molecule has 0 spiro atoms. The Morgan fingerprint density at radius 1 is 1.73 bits per heavy atom. The van der Waals surface area contributed by atoms with E-state index in [1.165, 1.54) is 11.3 Å². The second-order valence-corrected chi connectivity index (χ2v) is 4.96. The van der Waals surface area contributed by atoms with Crippen LogP contribution in [-0.2, 0) is 11.2 Å². The highest BCUT2D eigenvalue weighted by atomic mass is 32.1. The Bertz CT molecular complexity index is 394. The first-order valence-corrected chi connectivity index (χ1v) is 5.66. The molecule has 1 saturated carbocycles. The van der Waals surface area contributed by atoms with E-state index in [4.69, 9.17) is 0 Å². The van der Waals surface area contributed by atoms with Crippen molar-refractivity contribution < 1.29 is 9.18 Å². The summed E-state index contributed by atoms with van der Waals surface area (Å²) in [5, 5.41) is 11.6. The topological polar surface area (TPSA) is 54.9 Å². The van der Waals surface area contributed by atoms with Crippen LogP contribution in [-0.4, -0.2) is 22.3 Å². The number of anilines is 1. The molecule has 0 saturated heterocycles. The van der Waals surface area contributed by atoms with Crippen molar-refractivity contribution in [2.75, 3.05) is 5.32 Å². The molecule has 1 aromatic rings. The van der Waals surface area contributed by atoms with Gasteiger partial charge in [0.05, 0.1) is 5.41 Å². The average Bonchev–Trinajstić information content (AvgIpc) is 2.66. The molecule has 1 aliphatic carbocycles. The van der Waals surface area contributed by atoms with Gasteiger partial charge in [-0.2, -0.15) is 0 Å². The standard InChI is InChI=1S/C9H12FN3OS/c1-3-6-12-13-8(15-6)11-7(14)9(2)4-5(9)10/h5H,3-4H2,1-2H3,(H,11,13,14)/t5-,9+/m0/s1. The zero-order chi connectivity index (χ0) is 11.1. The van der Waals surface area contributed by atoms with Gasteiger partial charge >= 0.3 is 0 Å². The minimum absolute atomic E-state index is 0.297. The highest BCUT2D eigenvalue weighted by Gasteiger charge is 2.57. The molecule has 1 aliphatic rings. The van der Waals surface area contributed by atoms with Crippen molar-refractivity contribution in [3.05, 3.63) is 5.01 Å². The summed E-state index contributed by atoms with van der Waals surface area (Å²) in [4.78, 5) is 11.6. The zero-order valence-corrected chi connectivity index (χ0v) is 9.40. The van der Waals surface area contributed by atoms with Crippen LogP contribution < -0.4 is 5.32 Å². The number of aryl methyl sites for hydroxylation is 1. The van der Waals surface area contributed by atoms with E-state index in [0.717, 1.165) is 11.4 Å². The molecule has 1 fully saturated rings. The van der Waals surface area contributed by atoms with E-state index in [2.05, 4.69) is 15.5 Å². The molecule has 0 unspecified atom stereocenters. The lowest BCUT2D eigenvalue weighted by Gasteiger charge is -2.06. The second kappa shape index (κ2) is 3.52. The Hall–Kier alpha value is -1.04. The van der Waals surface area contributed by atoms with Crippen LogP contribution in [0.3, 0.4) is 0 Å². The predicted molar refractivity (Wildman–Crippen MR) is 55.5 cm³/mol. The van der Waals surface area contributed by atoms with E-state index >= 15 is 0 Å². The van der Waals surface area contributed by atoms with Gasteiger partial charge in [-0.3, -0.25) is 10.1 Å². The van der Waals surface area contributed by atoms with Gasteiger partial charge in [-0.1, -0.05) is 18.3 Å². The Morgan fingerprint density at radius 2 is 2.40 bits per heavy atom. The number of amides is 1. The lowest BCUT2D eigenvalue weighted by molar-refractivity contribution is -0.121. The molecule has 0 bridgehead atoms. The number of hydrogen-bond donors (Lipinski definition) is 1. The van der Waals surface area contributed by atoms with Crippen LogP contribution >= 0.6 is 11.3 Å². The summed E-state index contributed by atoms with van der Waals surface area (Å²) in [5.41, 5.74) is -0.849. The Morgan fingerprint density at radius 3 is 2.87 bits per heavy atom. The molecule has 2 atom stereocenters. The molecule has 0 aliphatic heterocycles. The third kappa shape index (κ3) is 1.86. The van der Waals surface area contributed by atoms with Gasteiger partial charge in [0.15, 0.2) is 0 Å². The molecule has 1 heterocycles. The number of nitrogens with zero attached hydrogens (tertiary/aromatic N) is 2. The van der Waals surface area contributed by atoms with Crippen LogP contribution in [0.25, 0.3) is 0 Å². The Kier molecular flexibility index (Phi) is 2.46. The van der Waals surface area contributed by atoms with E-state index in [0.29, 0.717) is 11.6 Å². The van der Waals surface area contributed by atoms with Crippen molar-refractivity contribution in [3.63, 3.8) is 0 Å². The smallest absolute Gasteiger partial charge is 0.235 e. The molecule has 2 rings (SSSR count). The number of aromatic nitrogens is 2. The molecular weight excluding hydrogens is 217 g/mol. The summed E-state index contributed by atoms with van der Waals surface area (Å²) in [6, 6.07) is 0. The monoisotopic (exact) mass is 229 g/mol. The molecule has 1 N–H and O–H groups in total. The summed E-state index contributed by atoms with van der Waals surface area (Å²) in [7, 11) is 0. The van der Waals surface area contributed by atoms with Gasteiger partial charge < -0.3 is 0 Å². The summed E-state index contributed by atoms with van der Waals surface area (Å²) >= 11 is 1.33. The minimum Gasteiger partial charge on any atom is -0.300 e. The van der Waals surface area contributed by atoms with Crippen molar-refractivity contribution >= 4 is 22.4 Å². The van der Waals surface area contributed by atoms with Crippen molar-refractivity contribution in [1.82, 2.24) is 10.2 Å². The zero-order valence-electron chi connectivity index (χ0n) is 8.58.